The summed E-state index contributed by atoms with van der Waals surface area (Å²) in [5.41, 5.74) is 2.68. The number of benzene rings is 2. The van der Waals surface area contributed by atoms with Gasteiger partial charge in [-0.1, -0.05) is 58.5 Å². The molecule has 2 aromatic carbocycles. The standard InChI is InChI=1S/C19H12Cl4O2/c20-15-3-1-11(7-17(15)22)5-13-9-25-10-14(19(13)24)6-12-2-4-16(21)18(23)8-12/h1-8H,9-10H2/b13-5-,14-6+. The van der Waals surface area contributed by atoms with Gasteiger partial charge in [-0.2, -0.15) is 0 Å². The summed E-state index contributed by atoms with van der Waals surface area (Å²) in [6.45, 7) is 0.496. The van der Waals surface area contributed by atoms with Gasteiger partial charge in [0, 0.05) is 11.1 Å². The number of hydrogen-bond donors (Lipinski definition) is 0. The van der Waals surface area contributed by atoms with Crippen molar-refractivity contribution in [3.63, 3.8) is 0 Å². The Morgan fingerprint density at radius 3 is 1.56 bits per heavy atom. The highest BCUT2D eigenvalue weighted by Crippen LogP contribution is 2.27. The van der Waals surface area contributed by atoms with Gasteiger partial charge in [0.1, 0.15) is 0 Å². The molecule has 1 aliphatic rings. The number of hydrogen-bond acceptors (Lipinski definition) is 2. The number of rotatable bonds is 2. The van der Waals surface area contributed by atoms with Crippen molar-refractivity contribution in [2.24, 2.45) is 0 Å². The van der Waals surface area contributed by atoms with Crippen molar-refractivity contribution >= 4 is 64.3 Å². The number of carbonyl (C=O) groups excluding carboxylic acids is 1. The van der Waals surface area contributed by atoms with Crippen molar-refractivity contribution in [2.75, 3.05) is 13.2 Å². The first kappa shape index (κ1) is 18.5. The Balaban J connectivity index is 1.89. The highest BCUT2D eigenvalue weighted by Gasteiger charge is 2.21. The van der Waals surface area contributed by atoms with Gasteiger partial charge in [0.2, 0.25) is 0 Å². The fraction of sp³-hybridized carbons (Fsp3) is 0.105. The SMILES string of the molecule is O=C1/C(=C\c2ccc(Cl)c(Cl)c2)COC/C1=C\c1ccc(Cl)c(Cl)c1. The first-order chi connectivity index (χ1) is 11.9. The van der Waals surface area contributed by atoms with E-state index in [1.165, 1.54) is 0 Å². The minimum Gasteiger partial charge on any atom is -0.372 e. The molecule has 0 unspecified atom stereocenters. The van der Waals surface area contributed by atoms with Gasteiger partial charge in [0.25, 0.3) is 0 Å². The maximum atomic E-state index is 12.7. The molecule has 25 heavy (non-hydrogen) atoms. The highest BCUT2D eigenvalue weighted by atomic mass is 35.5. The van der Waals surface area contributed by atoms with E-state index in [2.05, 4.69) is 0 Å². The lowest BCUT2D eigenvalue weighted by atomic mass is 9.98. The van der Waals surface area contributed by atoms with Gasteiger partial charge in [0.15, 0.2) is 5.78 Å². The van der Waals surface area contributed by atoms with Crippen molar-refractivity contribution in [2.45, 2.75) is 0 Å². The van der Waals surface area contributed by atoms with Crippen LogP contribution in [-0.4, -0.2) is 19.0 Å². The third kappa shape index (κ3) is 4.46. The molecular weight excluding hydrogens is 402 g/mol. The Morgan fingerprint density at radius 1 is 0.720 bits per heavy atom. The van der Waals surface area contributed by atoms with E-state index >= 15 is 0 Å². The number of halogens is 4. The van der Waals surface area contributed by atoms with Gasteiger partial charge in [-0.15, -0.1) is 0 Å². The van der Waals surface area contributed by atoms with E-state index < -0.39 is 0 Å². The molecule has 0 amide bonds. The van der Waals surface area contributed by atoms with Crippen LogP contribution >= 0.6 is 46.4 Å². The van der Waals surface area contributed by atoms with Crippen LogP contribution in [0.2, 0.25) is 20.1 Å². The largest absolute Gasteiger partial charge is 0.372 e. The minimum absolute atomic E-state index is 0.0663. The van der Waals surface area contributed by atoms with Gasteiger partial charge in [-0.05, 0) is 47.5 Å². The number of Topliss-reactive ketones (excluding diaryl/α,β-unsaturated/α-hetero) is 1. The van der Waals surface area contributed by atoms with Crippen LogP contribution in [0.4, 0.5) is 0 Å². The molecule has 0 saturated carbocycles. The third-order valence-electron chi connectivity index (χ3n) is 3.67. The fourth-order valence-electron chi connectivity index (χ4n) is 2.43. The lowest BCUT2D eigenvalue weighted by molar-refractivity contribution is -0.114. The van der Waals surface area contributed by atoms with E-state index in [1.54, 1.807) is 48.6 Å². The Morgan fingerprint density at radius 2 is 1.16 bits per heavy atom. The van der Waals surface area contributed by atoms with Crippen LogP contribution in [-0.2, 0) is 9.53 Å². The van der Waals surface area contributed by atoms with Crippen molar-refractivity contribution < 1.29 is 9.53 Å². The third-order valence-corrected chi connectivity index (χ3v) is 5.15. The Labute approximate surface area is 165 Å². The summed E-state index contributed by atoms with van der Waals surface area (Å²) in [6, 6.07) is 10.4. The van der Waals surface area contributed by atoms with Crippen LogP contribution in [0.5, 0.6) is 0 Å². The van der Waals surface area contributed by atoms with E-state index in [0.29, 0.717) is 31.2 Å². The van der Waals surface area contributed by atoms with Crippen LogP contribution in [0.3, 0.4) is 0 Å². The van der Waals surface area contributed by atoms with E-state index in [1.807, 2.05) is 0 Å². The lowest BCUT2D eigenvalue weighted by Crippen LogP contribution is -2.21. The van der Waals surface area contributed by atoms with E-state index in [9.17, 15) is 4.79 Å². The molecule has 0 aromatic heterocycles. The molecule has 0 radical (unpaired) electrons. The maximum Gasteiger partial charge on any atom is 0.189 e. The summed E-state index contributed by atoms with van der Waals surface area (Å²) < 4.78 is 5.54. The molecule has 0 aliphatic carbocycles. The van der Waals surface area contributed by atoms with E-state index in [4.69, 9.17) is 51.1 Å². The Hall–Kier alpha value is -1.29. The summed E-state index contributed by atoms with van der Waals surface area (Å²) >= 11 is 23.9. The molecule has 1 fully saturated rings. The predicted molar refractivity (Wildman–Crippen MR) is 105 cm³/mol. The molecule has 2 nitrogen and oxygen atoms in total. The van der Waals surface area contributed by atoms with Crippen LogP contribution in [0, 0.1) is 0 Å². The zero-order chi connectivity index (χ0) is 18.0. The monoisotopic (exact) mass is 412 g/mol. The smallest absolute Gasteiger partial charge is 0.189 e. The fourth-order valence-corrected chi connectivity index (χ4v) is 3.04. The van der Waals surface area contributed by atoms with E-state index in [0.717, 1.165) is 11.1 Å². The second-order valence-electron chi connectivity index (χ2n) is 5.51. The van der Waals surface area contributed by atoms with Gasteiger partial charge >= 0.3 is 0 Å². The van der Waals surface area contributed by atoms with Crippen LogP contribution in [0.1, 0.15) is 11.1 Å². The number of ketones is 1. The normalized spacial score (nSPS) is 18.2. The van der Waals surface area contributed by atoms with Gasteiger partial charge in [-0.3, -0.25) is 4.79 Å². The minimum atomic E-state index is -0.0663. The summed E-state index contributed by atoms with van der Waals surface area (Å²) in [5.74, 6) is -0.0663. The summed E-state index contributed by atoms with van der Waals surface area (Å²) in [6.07, 6.45) is 3.51. The molecule has 0 bridgehead atoms. The summed E-state index contributed by atoms with van der Waals surface area (Å²) in [4.78, 5) is 12.7. The zero-order valence-electron chi connectivity index (χ0n) is 12.9. The number of carbonyl (C=O) groups is 1. The molecule has 1 heterocycles. The maximum absolute atomic E-state index is 12.7. The second-order valence-corrected chi connectivity index (χ2v) is 7.14. The van der Waals surface area contributed by atoms with Crippen molar-refractivity contribution in [1.29, 1.82) is 0 Å². The average Bonchev–Trinajstić information content (AvgIpc) is 2.58. The lowest BCUT2D eigenvalue weighted by Gasteiger charge is -2.17. The van der Waals surface area contributed by atoms with Gasteiger partial charge in [0.05, 0.1) is 33.3 Å². The number of ether oxygens (including phenoxy) is 1. The molecule has 2 aromatic rings. The molecule has 0 N–H and O–H groups in total. The van der Waals surface area contributed by atoms with Crippen LogP contribution in [0.25, 0.3) is 12.2 Å². The van der Waals surface area contributed by atoms with E-state index in [-0.39, 0.29) is 19.0 Å². The quantitative estimate of drug-likeness (QED) is 0.535. The zero-order valence-corrected chi connectivity index (χ0v) is 15.9. The predicted octanol–water partition coefficient (Wildman–Crippen LogP) is 6.37. The Bertz CT molecular complexity index is 829. The molecule has 0 atom stereocenters. The topological polar surface area (TPSA) is 26.3 Å². The summed E-state index contributed by atoms with van der Waals surface area (Å²) in [5, 5.41) is 1.81. The summed E-state index contributed by atoms with van der Waals surface area (Å²) in [7, 11) is 0. The van der Waals surface area contributed by atoms with Crippen molar-refractivity contribution in [1.82, 2.24) is 0 Å². The molecule has 6 heteroatoms. The average molecular weight is 414 g/mol. The van der Waals surface area contributed by atoms with Gasteiger partial charge < -0.3 is 4.74 Å². The Kier molecular flexibility index (Phi) is 5.88. The van der Waals surface area contributed by atoms with Gasteiger partial charge in [-0.25, -0.2) is 0 Å². The van der Waals surface area contributed by atoms with Crippen molar-refractivity contribution in [3.8, 4) is 0 Å². The molecule has 1 aliphatic heterocycles. The first-order valence-electron chi connectivity index (χ1n) is 7.38. The molecule has 3 rings (SSSR count). The molecule has 0 spiro atoms. The highest BCUT2D eigenvalue weighted by molar-refractivity contribution is 6.42. The van der Waals surface area contributed by atoms with Crippen molar-refractivity contribution in [3.05, 3.63) is 78.8 Å². The second kappa shape index (κ2) is 7.94. The molecule has 128 valence electrons. The van der Waals surface area contributed by atoms with Crippen LogP contribution in [0.15, 0.2) is 47.5 Å². The first-order valence-corrected chi connectivity index (χ1v) is 8.89. The molecule has 1 saturated heterocycles. The van der Waals surface area contributed by atoms with Crippen LogP contribution < -0.4 is 0 Å². The molecular formula is C19H12Cl4O2.